The fraction of sp³-hybridized carbons (Fsp3) is 0.929. The maximum atomic E-state index is 11.3. The second-order valence-electron chi connectivity index (χ2n) is 6.96. The molecule has 0 aromatic carbocycles. The molecule has 4 aliphatic rings. The quantitative estimate of drug-likeness (QED) is 0.782. The molecule has 4 fully saturated rings. The highest BCUT2D eigenvalue weighted by atomic mass is 16.1. The van der Waals surface area contributed by atoms with E-state index in [0.717, 1.165) is 11.8 Å². The van der Waals surface area contributed by atoms with Crippen LogP contribution in [0.5, 0.6) is 0 Å². The van der Waals surface area contributed by atoms with E-state index in [-0.39, 0.29) is 5.91 Å². The van der Waals surface area contributed by atoms with Gasteiger partial charge in [0.2, 0.25) is 5.91 Å². The van der Waals surface area contributed by atoms with E-state index >= 15 is 0 Å². The maximum absolute atomic E-state index is 11.3. The van der Waals surface area contributed by atoms with E-state index < -0.39 is 0 Å². The van der Waals surface area contributed by atoms with E-state index in [4.69, 9.17) is 5.73 Å². The van der Waals surface area contributed by atoms with Gasteiger partial charge in [-0.05, 0) is 61.2 Å². The molecule has 0 saturated heterocycles. The van der Waals surface area contributed by atoms with E-state index in [9.17, 15) is 4.79 Å². The summed E-state index contributed by atoms with van der Waals surface area (Å²) in [6, 6.07) is 0. The third-order valence-corrected chi connectivity index (χ3v) is 5.60. The summed E-state index contributed by atoms with van der Waals surface area (Å²) in [5.41, 5.74) is 6.35. The molecule has 4 aliphatic carbocycles. The fourth-order valence-corrected chi connectivity index (χ4v) is 5.64. The predicted octanol–water partition coefficient (Wildman–Crippen LogP) is 2.86. The molecule has 0 aromatic heterocycles. The zero-order valence-electron chi connectivity index (χ0n) is 10.3. The Morgan fingerprint density at radius 1 is 1.19 bits per heavy atom. The van der Waals surface area contributed by atoms with Crippen molar-refractivity contribution >= 4 is 5.91 Å². The van der Waals surface area contributed by atoms with Crippen molar-refractivity contribution in [2.24, 2.45) is 28.4 Å². The molecule has 0 heterocycles. The van der Waals surface area contributed by atoms with Crippen molar-refractivity contribution in [2.45, 2.75) is 58.3 Å². The summed E-state index contributed by atoms with van der Waals surface area (Å²) in [7, 11) is 0. The van der Waals surface area contributed by atoms with Gasteiger partial charge in [0.05, 0.1) is 0 Å². The first kappa shape index (κ1) is 10.6. The topological polar surface area (TPSA) is 43.1 Å². The van der Waals surface area contributed by atoms with Gasteiger partial charge in [-0.25, -0.2) is 0 Å². The summed E-state index contributed by atoms with van der Waals surface area (Å²) in [6.07, 6.45) is 10.1. The van der Waals surface area contributed by atoms with Crippen molar-refractivity contribution in [3.63, 3.8) is 0 Å². The Bertz CT molecular complexity index is 309. The molecule has 2 N–H and O–H groups in total. The Morgan fingerprint density at radius 3 is 2.25 bits per heavy atom. The summed E-state index contributed by atoms with van der Waals surface area (Å²) in [6.45, 7) is 2.34. The summed E-state index contributed by atoms with van der Waals surface area (Å²) in [4.78, 5) is 11.3. The van der Waals surface area contributed by atoms with Crippen LogP contribution in [0.15, 0.2) is 0 Å². The lowest BCUT2D eigenvalue weighted by Crippen LogP contribution is -2.52. The zero-order chi connectivity index (χ0) is 11.4. The molecule has 2 heteroatoms. The minimum atomic E-state index is -0.0757. The van der Waals surface area contributed by atoms with Gasteiger partial charge in [-0.2, -0.15) is 0 Å². The predicted molar refractivity (Wildman–Crippen MR) is 63.7 cm³/mol. The fourth-order valence-electron chi connectivity index (χ4n) is 5.64. The molecule has 16 heavy (non-hydrogen) atoms. The molecule has 2 atom stereocenters. The van der Waals surface area contributed by atoms with Crippen molar-refractivity contribution in [3.8, 4) is 0 Å². The average Bonchev–Trinajstić information content (AvgIpc) is 2.13. The SMILES string of the molecule is CCC12CC3CC(C1)CC(CC(N)=O)(C3)C2. The van der Waals surface area contributed by atoms with Gasteiger partial charge in [-0.1, -0.05) is 13.3 Å². The van der Waals surface area contributed by atoms with E-state index in [1.165, 1.54) is 44.9 Å². The van der Waals surface area contributed by atoms with Gasteiger partial charge >= 0.3 is 0 Å². The Balaban J connectivity index is 1.89. The van der Waals surface area contributed by atoms with Crippen LogP contribution in [0.4, 0.5) is 0 Å². The van der Waals surface area contributed by atoms with Gasteiger partial charge < -0.3 is 5.73 Å². The first-order valence-corrected chi connectivity index (χ1v) is 6.83. The smallest absolute Gasteiger partial charge is 0.217 e. The van der Waals surface area contributed by atoms with Crippen LogP contribution < -0.4 is 5.73 Å². The second-order valence-corrected chi connectivity index (χ2v) is 6.96. The molecule has 4 bridgehead atoms. The van der Waals surface area contributed by atoms with E-state index in [1.54, 1.807) is 0 Å². The molecule has 4 rings (SSSR count). The Labute approximate surface area is 98.0 Å². The lowest BCUT2D eigenvalue weighted by molar-refractivity contribution is -0.136. The molecule has 4 saturated carbocycles. The zero-order valence-corrected chi connectivity index (χ0v) is 10.3. The van der Waals surface area contributed by atoms with Crippen LogP contribution in [0, 0.1) is 22.7 Å². The van der Waals surface area contributed by atoms with E-state index in [1.807, 2.05) is 0 Å². The standard InChI is InChI=1S/C14H23NO/c1-2-13-4-10-3-11(5-13)7-14(6-10,9-13)8-12(15)16/h10-11H,2-9H2,1H3,(H2,15,16). The van der Waals surface area contributed by atoms with Crippen molar-refractivity contribution in [3.05, 3.63) is 0 Å². The van der Waals surface area contributed by atoms with Gasteiger partial charge in [0.25, 0.3) is 0 Å². The third kappa shape index (κ3) is 1.49. The minimum Gasteiger partial charge on any atom is -0.370 e. The van der Waals surface area contributed by atoms with Crippen LogP contribution in [0.1, 0.15) is 58.3 Å². The van der Waals surface area contributed by atoms with Crippen molar-refractivity contribution in [1.82, 2.24) is 0 Å². The Morgan fingerprint density at radius 2 is 1.75 bits per heavy atom. The van der Waals surface area contributed by atoms with Crippen LogP contribution in [0.25, 0.3) is 0 Å². The largest absolute Gasteiger partial charge is 0.370 e. The van der Waals surface area contributed by atoms with E-state index in [2.05, 4.69) is 6.92 Å². The van der Waals surface area contributed by atoms with Crippen LogP contribution in [-0.2, 0) is 4.79 Å². The Kier molecular flexibility index (Phi) is 2.15. The molecular weight excluding hydrogens is 198 g/mol. The number of hydrogen-bond acceptors (Lipinski definition) is 1. The molecule has 0 aromatic rings. The molecule has 1 amide bonds. The molecule has 90 valence electrons. The molecule has 2 unspecified atom stereocenters. The first-order valence-electron chi connectivity index (χ1n) is 6.83. The number of primary amides is 1. The number of amides is 1. The van der Waals surface area contributed by atoms with Crippen molar-refractivity contribution in [2.75, 3.05) is 0 Å². The van der Waals surface area contributed by atoms with Gasteiger partial charge in [-0.15, -0.1) is 0 Å². The normalized spacial score (nSPS) is 49.6. The number of hydrogen-bond donors (Lipinski definition) is 1. The van der Waals surface area contributed by atoms with Gasteiger partial charge in [0.1, 0.15) is 0 Å². The Hall–Kier alpha value is -0.530. The monoisotopic (exact) mass is 221 g/mol. The second kappa shape index (κ2) is 3.24. The molecule has 0 aliphatic heterocycles. The van der Waals surface area contributed by atoms with Gasteiger partial charge in [0.15, 0.2) is 0 Å². The number of rotatable bonds is 3. The number of nitrogens with two attached hydrogens (primary N) is 1. The highest BCUT2D eigenvalue weighted by Crippen LogP contribution is 2.67. The van der Waals surface area contributed by atoms with Crippen LogP contribution in [0.3, 0.4) is 0 Å². The van der Waals surface area contributed by atoms with Gasteiger partial charge in [-0.3, -0.25) is 4.79 Å². The average molecular weight is 221 g/mol. The maximum Gasteiger partial charge on any atom is 0.217 e. The van der Waals surface area contributed by atoms with Crippen LogP contribution in [0.2, 0.25) is 0 Å². The minimum absolute atomic E-state index is 0.0757. The summed E-state index contributed by atoms with van der Waals surface area (Å²) in [5, 5.41) is 0. The number of carbonyl (C=O) groups is 1. The van der Waals surface area contributed by atoms with Crippen LogP contribution >= 0.6 is 0 Å². The molecule has 0 spiro atoms. The number of carbonyl (C=O) groups excluding carboxylic acids is 1. The summed E-state index contributed by atoms with van der Waals surface area (Å²) >= 11 is 0. The van der Waals surface area contributed by atoms with Crippen molar-refractivity contribution in [1.29, 1.82) is 0 Å². The van der Waals surface area contributed by atoms with E-state index in [0.29, 0.717) is 17.3 Å². The highest BCUT2D eigenvalue weighted by Gasteiger charge is 2.56. The molecular formula is C14H23NO. The highest BCUT2D eigenvalue weighted by molar-refractivity contribution is 5.74. The lowest BCUT2D eigenvalue weighted by atomic mass is 9.43. The van der Waals surface area contributed by atoms with Crippen LogP contribution in [-0.4, -0.2) is 5.91 Å². The first-order chi connectivity index (χ1) is 7.55. The summed E-state index contributed by atoms with van der Waals surface area (Å²) < 4.78 is 0. The summed E-state index contributed by atoms with van der Waals surface area (Å²) in [5.74, 6) is 1.73. The van der Waals surface area contributed by atoms with Crippen molar-refractivity contribution < 1.29 is 4.79 Å². The molecule has 2 nitrogen and oxygen atoms in total. The lowest BCUT2D eigenvalue weighted by Gasteiger charge is -2.62. The third-order valence-electron chi connectivity index (χ3n) is 5.60. The van der Waals surface area contributed by atoms with Gasteiger partial charge in [0, 0.05) is 6.42 Å². The molecule has 0 radical (unpaired) electrons.